The summed E-state index contributed by atoms with van der Waals surface area (Å²) < 4.78 is 5.82. The average molecular weight is 251 g/mol. The van der Waals surface area contributed by atoms with Gasteiger partial charge in [-0.25, -0.2) is 0 Å². The third kappa shape index (κ3) is 1.57. The second-order valence-electron chi connectivity index (χ2n) is 4.75. The molecule has 1 aliphatic heterocycles. The number of rotatable bonds is 1. The van der Waals surface area contributed by atoms with Crippen LogP contribution in [0, 0.1) is 0 Å². The van der Waals surface area contributed by atoms with Gasteiger partial charge in [0.2, 0.25) is 0 Å². The lowest BCUT2D eigenvalue weighted by molar-refractivity contribution is 0.597. The third-order valence-electron chi connectivity index (χ3n) is 3.52. The zero-order chi connectivity index (χ0) is 12.8. The highest BCUT2D eigenvalue weighted by atomic mass is 16.4. The minimum absolute atomic E-state index is 0.644. The molecule has 4 heteroatoms. The SMILES string of the molecule is Nc1ccc2oc(N3CCc4ccccc43)nc2c1. The molecule has 94 valence electrons. The molecular weight excluding hydrogens is 238 g/mol. The minimum Gasteiger partial charge on any atom is -0.423 e. The zero-order valence-electron chi connectivity index (χ0n) is 10.3. The Hall–Kier alpha value is -2.49. The van der Waals surface area contributed by atoms with Crippen LogP contribution in [0.4, 0.5) is 17.4 Å². The van der Waals surface area contributed by atoms with Gasteiger partial charge in [-0.3, -0.25) is 4.90 Å². The molecule has 2 N–H and O–H groups in total. The maximum Gasteiger partial charge on any atom is 0.303 e. The van der Waals surface area contributed by atoms with Gasteiger partial charge in [-0.2, -0.15) is 4.98 Å². The molecule has 4 nitrogen and oxygen atoms in total. The van der Waals surface area contributed by atoms with E-state index in [2.05, 4.69) is 28.1 Å². The van der Waals surface area contributed by atoms with Crippen molar-refractivity contribution in [1.29, 1.82) is 0 Å². The smallest absolute Gasteiger partial charge is 0.303 e. The minimum atomic E-state index is 0.644. The van der Waals surface area contributed by atoms with Gasteiger partial charge in [-0.1, -0.05) is 18.2 Å². The molecule has 2 aromatic carbocycles. The number of nitrogen functional groups attached to an aromatic ring is 1. The lowest BCUT2D eigenvalue weighted by Gasteiger charge is -2.13. The van der Waals surface area contributed by atoms with Crippen molar-refractivity contribution in [1.82, 2.24) is 4.98 Å². The molecule has 2 heterocycles. The molecule has 0 unspecified atom stereocenters. The number of para-hydroxylation sites is 1. The van der Waals surface area contributed by atoms with E-state index in [-0.39, 0.29) is 0 Å². The van der Waals surface area contributed by atoms with Crippen molar-refractivity contribution in [3.05, 3.63) is 48.0 Å². The van der Waals surface area contributed by atoms with Gasteiger partial charge in [-0.05, 0) is 36.2 Å². The van der Waals surface area contributed by atoms with Gasteiger partial charge in [0.25, 0.3) is 0 Å². The van der Waals surface area contributed by atoms with Crippen molar-refractivity contribution in [3.63, 3.8) is 0 Å². The van der Waals surface area contributed by atoms with E-state index in [1.807, 2.05) is 24.3 Å². The molecule has 1 aromatic heterocycles. The summed E-state index contributed by atoms with van der Waals surface area (Å²) in [6.07, 6.45) is 1.02. The van der Waals surface area contributed by atoms with E-state index in [1.165, 1.54) is 11.3 Å². The highest BCUT2D eigenvalue weighted by Crippen LogP contribution is 2.35. The summed E-state index contributed by atoms with van der Waals surface area (Å²) >= 11 is 0. The van der Waals surface area contributed by atoms with Crippen LogP contribution in [-0.2, 0) is 6.42 Å². The van der Waals surface area contributed by atoms with E-state index in [4.69, 9.17) is 10.2 Å². The number of nitrogens with two attached hydrogens (primary N) is 1. The van der Waals surface area contributed by atoms with E-state index in [9.17, 15) is 0 Å². The van der Waals surface area contributed by atoms with Crippen molar-refractivity contribution >= 4 is 28.5 Å². The molecule has 0 bridgehead atoms. The van der Waals surface area contributed by atoms with Gasteiger partial charge in [0.1, 0.15) is 5.52 Å². The van der Waals surface area contributed by atoms with Crippen molar-refractivity contribution in [2.24, 2.45) is 0 Å². The number of benzene rings is 2. The first-order valence-electron chi connectivity index (χ1n) is 6.33. The van der Waals surface area contributed by atoms with Gasteiger partial charge >= 0.3 is 6.01 Å². The Bertz CT molecular complexity index is 763. The van der Waals surface area contributed by atoms with Gasteiger partial charge in [0, 0.05) is 17.9 Å². The van der Waals surface area contributed by atoms with Gasteiger partial charge in [0.15, 0.2) is 5.58 Å². The lowest BCUT2D eigenvalue weighted by Crippen LogP contribution is -2.13. The number of oxazole rings is 1. The molecule has 1 aliphatic rings. The van der Waals surface area contributed by atoms with Crippen LogP contribution in [0.1, 0.15) is 5.56 Å². The Morgan fingerprint density at radius 3 is 3.00 bits per heavy atom. The van der Waals surface area contributed by atoms with Crippen LogP contribution in [0.5, 0.6) is 0 Å². The van der Waals surface area contributed by atoms with E-state index in [1.54, 1.807) is 0 Å². The van der Waals surface area contributed by atoms with Crippen LogP contribution in [0.15, 0.2) is 46.9 Å². The first kappa shape index (κ1) is 10.4. The molecule has 19 heavy (non-hydrogen) atoms. The lowest BCUT2D eigenvalue weighted by atomic mass is 10.2. The number of fused-ring (bicyclic) bond motifs is 2. The summed E-state index contributed by atoms with van der Waals surface area (Å²) in [5.74, 6) is 0. The standard InChI is InChI=1S/C15H13N3O/c16-11-5-6-14-12(9-11)17-15(19-14)18-8-7-10-3-1-2-4-13(10)18/h1-6,9H,7-8,16H2. The molecule has 0 spiro atoms. The molecule has 0 aliphatic carbocycles. The summed E-state index contributed by atoms with van der Waals surface area (Å²) in [6.45, 7) is 0.904. The summed E-state index contributed by atoms with van der Waals surface area (Å²) in [4.78, 5) is 6.65. The average Bonchev–Trinajstić information content (AvgIpc) is 3.00. The number of hydrogen-bond acceptors (Lipinski definition) is 4. The quantitative estimate of drug-likeness (QED) is 0.675. The Labute approximate surface area is 110 Å². The van der Waals surface area contributed by atoms with Crippen LogP contribution in [0.3, 0.4) is 0 Å². The third-order valence-corrected chi connectivity index (χ3v) is 3.52. The maximum atomic E-state index is 5.82. The van der Waals surface area contributed by atoms with E-state index in [0.717, 1.165) is 24.1 Å². The molecule has 3 aromatic rings. The molecule has 0 fully saturated rings. The van der Waals surface area contributed by atoms with E-state index >= 15 is 0 Å². The molecule has 0 saturated carbocycles. The second kappa shape index (κ2) is 3.75. The van der Waals surface area contributed by atoms with Crippen LogP contribution in [-0.4, -0.2) is 11.5 Å². The molecule has 0 saturated heterocycles. The van der Waals surface area contributed by atoms with Crippen LogP contribution < -0.4 is 10.6 Å². The fraction of sp³-hybridized carbons (Fsp3) is 0.133. The van der Waals surface area contributed by atoms with Crippen LogP contribution in [0.25, 0.3) is 11.1 Å². The van der Waals surface area contributed by atoms with Gasteiger partial charge in [-0.15, -0.1) is 0 Å². The summed E-state index contributed by atoms with van der Waals surface area (Å²) in [7, 11) is 0. The van der Waals surface area contributed by atoms with Gasteiger partial charge in [0.05, 0.1) is 0 Å². The molecule has 4 rings (SSSR count). The predicted molar refractivity (Wildman–Crippen MR) is 75.6 cm³/mol. The fourth-order valence-corrected chi connectivity index (χ4v) is 2.58. The highest BCUT2D eigenvalue weighted by Gasteiger charge is 2.23. The van der Waals surface area contributed by atoms with Crippen molar-refractivity contribution in [2.75, 3.05) is 17.2 Å². The Morgan fingerprint density at radius 1 is 1.16 bits per heavy atom. The summed E-state index contributed by atoms with van der Waals surface area (Å²) in [6, 6.07) is 14.5. The fourth-order valence-electron chi connectivity index (χ4n) is 2.58. The molecule has 0 radical (unpaired) electrons. The van der Waals surface area contributed by atoms with E-state index in [0.29, 0.717) is 11.7 Å². The Morgan fingerprint density at radius 2 is 2.05 bits per heavy atom. The molecular formula is C15H13N3O. The van der Waals surface area contributed by atoms with Crippen molar-refractivity contribution in [3.8, 4) is 0 Å². The largest absolute Gasteiger partial charge is 0.423 e. The first-order chi connectivity index (χ1) is 9.31. The van der Waals surface area contributed by atoms with E-state index < -0.39 is 0 Å². The summed E-state index contributed by atoms with van der Waals surface area (Å²) in [5, 5.41) is 0. The normalized spacial score (nSPS) is 14.0. The number of aromatic nitrogens is 1. The topological polar surface area (TPSA) is 55.3 Å². The van der Waals surface area contributed by atoms with Crippen LogP contribution in [0.2, 0.25) is 0 Å². The number of nitrogens with zero attached hydrogens (tertiary/aromatic N) is 2. The first-order valence-corrected chi connectivity index (χ1v) is 6.33. The molecule has 0 amide bonds. The van der Waals surface area contributed by atoms with Crippen LogP contribution >= 0.6 is 0 Å². The van der Waals surface area contributed by atoms with Crippen molar-refractivity contribution < 1.29 is 4.42 Å². The second-order valence-corrected chi connectivity index (χ2v) is 4.75. The maximum absolute atomic E-state index is 5.82. The number of hydrogen-bond donors (Lipinski definition) is 1. The summed E-state index contributed by atoms with van der Waals surface area (Å²) in [5.41, 5.74) is 10.6. The molecule has 0 atom stereocenters. The Kier molecular flexibility index (Phi) is 2.06. The Balaban J connectivity index is 1.83. The monoisotopic (exact) mass is 251 g/mol. The number of anilines is 3. The zero-order valence-corrected chi connectivity index (χ0v) is 10.3. The predicted octanol–water partition coefficient (Wildman–Crippen LogP) is 3.10. The van der Waals surface area contributed by atoms with Crippen molar-refractivity contribution in [2.45, 2.75) is 6.42 Å². The van der Waals surface area contributed by atoms with Gasteiger partial charge < -0.3 is 10.2 Å². The highest BCUT2D eigenvalue weighted by molar-refractivity contribution is 5.79.